The van der Waals surface area contributed by atoms with E-state index in [1.807, 2.05) is 18.2 Å². The lowest BCUT2D eigenvalue weighted by Crippen LogP contribution is -2.29. The van der Waals surface area contributed by atoms with Crippen molar-refractivity contribution in [2.24, 2.45) is 11.8 Å². The van der Waals surface area contributed by atoms with Gasteiger partial charge in [-0.15, -0.1) is 15.3 Å². The maximum atomic E-state index is 13.1. The number of alkyl halides is 3. The van der Waals surface area contributed by atoms with Crippen LogP contribution < -0.4 is 4.90 Å². The van der Waals surface area contributed by atoms with E-state index in [1.165, 1.54) is 11.6 Å². The Labute approximate surface area is 169 Å². The molecule has 2 atom stereocenters. The smallest absolute Gasteiger partial charge is 0.355 e. The first-order valence-corrected chi connectivity index (χ1v) is 9.76. The third-order valence-corrected chi connectivity index (χ3v) is 5.92. The van der Waals surface area contributed by atoms with Crippen LogP contribution in [0.2, 0.25) is 5.02 Å². The highest BCUT2D eigenvalue weighted by Crippen LogP contribution is 2.34. The molecule has 10 heteroatoms. The fourth-order valence-corrected chi connectivity index (χ4v) is 4.64. The summed E-state index contributed by atoms with van der Waals surface area (Å²) >= 11 is 6.07. The summed E-state index contributed by atoms with van der Waals surface area (Å²) in [4.78, 5) is 4.47. The summed E-state index contributed by atoms with van der Waals surface area (Å²) in [5.74, 6) is 0.365. The van der Waals surface area contributed by atoms with Crippen molar-refractivity contribution in [3.05, 3.63) is 52.8 Å². The van der Waals surface area contributed by atoms with Gasteiger partial charge in [-0.05, 0) is 41.7 Å². The molecule has 2 aromatic heterocycles. The predicted octanol–water partition coefficient (Wildman–Crippen LogP) is 3.36. The molecule has 2 aliphatic heterocycles. The zero-order valence-corrected chi connectivity index (χ0v) is 16.1. The van der Waals surface area contributed by atoms with Crippen molar-refractivity contribution in [3.63, 3.8) is 0 Å². The molecule has 0 bridgehead atoms. The quantitative estimate of drug-likeness (QED) is 0.647. The molecule has 4 heterocycles. The zero-order valence-electron chi connectivity index (χ0n) is 15.3. The molecule has 152 valence electrons. The van der Waals surface area contributed by atoms with Crippen molar-refractivity contribution >= 4 is 23.1 Å². The van der Waals surface area contributed by atoms with Gasteiger partial charge in [0.1, 0.15) is 5.82 Å². The lowest BCUT2D eigenvalue weighted by Gasteiger charge is -2.22. The molecule has 2 saturated heterocycles. The first-order valence-electron chi connectivity index (χ1n) is 9.38. The molecule has 3 aromatic rings. The van der Waals surface area contributed by atoms with Crippen LogP contribution in [0.4, 0.5) is 19.0 Å². The van der Waals surface area contributed by atoms with E-state index >= 15 is 0 Å². The van der Waals surface area contributed by atoms with E-state index in [1.54, 1.807) is 6.07 Å². The van der Waals surface area contributed by atoms with Gasteiger partial charge >= 0.3 is 6.18 Å². The highest BCUT2D eigenvalue weighted by molar-refractivity contribution is 6.30. The standard InChI is InChI=1S/C19H18ClF3N6/c20-15-3-1-2-12(6-15)7-27-8-13-10-28(11-14(13)9-27)17-5-4-16-24-25-18(19(21,22)23)29(16)26-17/h1-6,13-14H,7-11H2. The SMILES string of the molecule is FC(F)(F)c1nnc2ccc(N3CC4CN(Cc5cccc(Cl)c5)CC4C3)nn12. The fourth-order valence-electron chi connectivity index (χ4n) is 4.42. The van der Waals surface area contributed by atoms with Gasteiger partial charge in [0.05, 0.1) is 0 Å². The van der Waals surface area contributed by atoms with Crippen molar-refractivity contribution in [1.29, 1.82) is 0 Å². The van der Waals surface area contributed by atoms with E-state index in [0.717, 1.165) is 42.3 Å². The van der Waals surface area contributed by atoms with Crippen molar-refractivity contribution in [3.8, 4) is 0 Å². The van der Waals surface area contributed by atoms with E-state index in [9.17, 15) is 13.2 Å². The summed E-state index contributed by atoms with van der Waals surface area (Å²) in [5, 5.41) is 11.7. The first kappa shape index (κ1) is 18.6. The van der Waals surface area contributed by atoms with Gasteiger partial charge in [-0.2, -0.15) is 17.7 Å². The maximum Gasteiger partial charge on any atom is 0.453 e. The van der Waals surface area contributed by atoms with Gasteiger partial charge in [0.2, 0.25) is 0 Å². The van der Waals surface area contributed by atoms with E-state index in [0.29, 0.717) is 17.7 Å². The van der Waals surface area contributed by atoms with E-state index < -0.39 is 12.0 Å². The molecule has 0 amide bonds. The topological polar surface area (TPSA) is 49.6 Å². The second-order valence-electron chi connectivity index (χ2n) is 7.73. The molecule has 2 fully saturated rings. The number of hydrogen-bond donors (Lipinski definition) is 0. The molecule has 0 saturated carbocycles. The lowest BCUT2D eigenvalue weighted by molar-refractivity contribution is -0.146. The number of nitrogens with zero attached hydrogens (tertiary/aromatic N) is 6. The van der Waals surface area contributed by atoms with Crippen molar-refractivity contribution in [2.75, 3.05) is 31.1 Å². The van der Waals surface area contributed by atoms with Crippen molar-refractivity contribution in [1.82, 2.24) is 24.7 Å². The monoisotopic (exact) mass is 422 g/mol. The van der Waals surface area contributed by atoms with Gasteiger partial charge in [-0.1, -0.05) is 23.7 Å². The summed E-state index contributed by atoms with van der Waals surface area (Å²) in [5.41, 5.74) is 1.28. The lowest BCUT2D eigenvalue weighted by atomic mass is 10.0. The van der Waals surface area contributed by atoms with Crippen LogP contribution >= 0.6 is 11.6 Å². The molecule has 0 N–H and O–H groups in total. The molecule has 2 unspecified atom stereocenters. The molecule has 6 nitrogen and oxygen atoms in total. The summed E-state index contributed by atoms with van der Waals surface area (Å²) in [6.07, 6.45) is -4.59. The number of rotatable bonds is 3. The van der Waals surface area contributed by atoms with E-state index in [2.05, 4.69) is 31.2 Å². The van der Waals surface area contributed by atoms with Crippen LogP contribution in [0.1, 0.15) is 11.4 Å². The van der Waals surface area contributed by atoms with Gasteiger partial charge in [0, 0.05) is 37.7 Å². The Balaban J connectivity index is 1.29. The van der Waals surface area contributed by atoms with E-state index in [-0.39, 0.29) is 5.65 Å². The minimum absolute atomic E-state index is 0.0909. The van der Waals surface area contributed by atoms with Crippen LogP contribution in [0.25, 0.3) is 5.65 Å². The fraction of sp³-hybridized carbons (Fsp3) is 0.421. The maximum absolute atomic E-state index is 13.1. The Morgan fingerprint density at radius 1 is 1.00 bits per heavy atom. The number of fused-ring (bicyclic) bond motifs is 2. The van der Waals surface area contributed by atoms with E-state index in [4.69, 9.17) is 11.6 Å². The number of hydrogen-bond acceptors (Lipinski definition) is 5. The number of likely N-dealkylation sites (tertiary alicyclic amines) is 1. The number of anilines is 1. The predicted molar refractivity (Wildman–Crippen MR) is 102 cm³/mol. The average Bonchev–Trinajstić information content (AvgIpc) is 3.32. The summed E-state index contributed by atoms with van der Waals surface area (Å²) < 4.78 is 40.1. The van der Waals surface area contributed by atoms with Gasteiger partial charge in [0.15, 0.2) is 5.65 Å². The molecule has 1 aromatic carbocycles. The molecular formula is C19H18ClF3N6. The number of halogens is 4. The second-order valence-corrected chi connectivity index (χ2v) is 8.17. The third kappa shape index (κ3) is 3.53. The highest BCUT2D eigenvalue weighted by Gasteiger charge is 2.41. The minimum atomic E-state index is -4.59. The van der Waals surface area contributed by atoms with Crippen LogP contribution in [0, 0.1) is 11.8 Å². The molecule has 29 heavy (non-hydrogen) atoms. The Kier molecular flexibility index (Phi) is 4.40. The largest absolute Gasteiger partial charge is 0.453 e. The van der Waals surface area contributed by atoms with Crippen LogP contribution in [0.3, 0.4) is 0 Å². The van der Waals surface area contributed by atoms with Crippen molar-refractivity contribution in [2.45, 2.75) is 12.7 Å². The summed E-state index contributed by atoms with van der Waals surface area (Å²) in [6, 6.07) is 11.1. The second kappa shape index (κ2) is 6.84. The van der Waals surface area contributed by atoms with Gasteiger partial charge in [0.25, 0.3) is 5.82 Å². The Morgan fingerprint density at radius 3 is 2.45 bits per heavy atom. The third-order valence-electron chi connectivity index (χ3n) is 5.68. The molecule has 2 aliphatic rings. The van der Waals surface area contributed by atoms with Gasteiger partial charge in [-0.3, -0.25) is 4.90 Å². The molecule has 5 rings (SSSR count). The number of aromatic nitrogens is 4. The molecule has 0 aliphatic carbocycles. The summed E-state index contributed by atoms with van der Waals surface area (Å²) in [6.45, 7) is 4.32. The first-order chi connectivity index (χ1) is 13.9. The summed E-state index contributed by atoms with van der Waals surface area (Å²) in [7, 11) is 0. The Hall–Kier alpha value is -2.39. The molecular weight excluding hydrogens is 405 g/mol. The Morgan fingerprint density at radius 2 is 1.76 bits per heavy atom. The van der Waals surface area contributed by atoms with Crippen LogP contribution in [-0.4, -0.2) is 50.9 Å². The van der Waals surface area contributed by atoms with Gasteiger partial charge < -0.3 is 4.90 Å². The zero-order chi connectivity index (χ0) is 20.2. The highest BCUT2D eigenvalue weighted by atomic mass is 35.5. The molecule has 0 radical (unpaired) electrons. The van der Waals surface area contributed by atoms with Crippen LogP contribution in [-0.2, 0) is 12.7 Å². The average molecular weight is 423 g/mol. The number of benzene rings is 1. The van der Waals surface area contributed by atoms with Crippen LogP contribution in [0.5, 0.6) is 0 Å². The minimum Gasteiger partial charge on any atom is -0.355 e. The normalized spacial score (nSPS) is 22.6. The molecule has 0 spiro atoms. The van der Waals surface area contributed by atoms with Gasteiger partial charge in [-0.25, -0.2) is 0 Å². The Bertz CT molecular complexity index is 1040. The van der Waals surface area contributed by atoms with Crippen LogP contribution in [0.15, 0.2) is 36.4 Å². The van der Waals surface area contributed by atoms with Crippen molar-refractivity contribution < 1.29 is 13.2 Å².